The van der Waals surface area contributed by atoms with Crippen LogP contribution in [0.3, 0.4) is 0 Å². The van der Waals surface area contributed by atoms with Gasteiger partial charge in [-0.3, -0.25) is 5.32 Å². The topological polar surface area (TPSA) is 39.8 Å². The van der Waals surface area contributed by atoms with E-state index in [1.54, 1.807) is 0 Å². The Bertz CT molecular complexity index is 310. The smallest absolute Gasteiger partial charge is 0.172 e. The maximum absolute atomic E-state index is 5.52. The van der Waals surface area contributed by atoms with Crippen LogP contribution in [0.5, 0.6) is 0 Å². The molecule has 0 radical (unpaired) electrons. The van der Waals surface area contributed by atoms with Gasteiger partial charge in [0.25, 0.3) is 0 Å². The number of ether oxygens (including phenoxy) is 1. The number of piperazine rings is 1. The van der Waals surface area contributed by atoms with Crippen molar-refractivity contribution in [2.24, 2.45) is 0 Å². The third-order valence-corrected chi connectivity index (χ3v) is 3.00. The van der Waals surface area contributed by atoms with Crippen molar-refractivity contribution in [2.45, 2.75) is 19.4 Å². The largest absolute Gasteiger partial charge is 0.385 e. The van der Waals surface area contributed by atoms with Gasteiger partial charge in [-0.15, -0.1) is 0 Å². The Kier molecular flexibility index (Phi) is 1.78. The first-order valence-corrected chi connectivity index (χ1v) is 5.11. The monoisotopic (exact) mass is 193 g/mol. The number of nitrogens with one attached hydrogen (secondary N) is 2. The molecule has 0 aromatic heterocycles. The number of epoxide rings is 1. The zero-order valence-corrected chi connectivity index (χ0v) is 8.29. The highest BCUT2D eigenvalue weighted by Gasteiger charge is 2.47. The van der Waals surface area contributed by atoms with E-state index in [0.29, 0.717) is 0 Å². The molecule has 2 unspecified atom stereocenters. The van der Waals surface area contributed by atoms with Crippen molar-refractivity contribution in [2.75, 3.05) is 19.6 Å². The van der Waals surface area contributed by atoms with E-state index in [-0.39, 0.29) is 12.5 Å². The van der Waals surface area contributed by atoms with E-state index in [4.69, 9.17) is 4.74 Å². The lowest BCUT2D eigenvalue weighted by Gasteiger charge is -2.31. The molecule has 4 heteroatoms. The van der Waals surface area contributed by atoms with Crippen LogP contribution in [0.2, 0.25) is 0 Å². The van der Waals surface area contributed by atoms with E-state index >= 15 is 0 Å². The van der Waals surface area contributed by atoms with Gasteiger partial charge < -0.3 is 15.0 Å². The molecule has 0 aromatic carbocycles. The van der Waals surface area contributed by atoms with Crippen LogP contribution >= 0.6 is 0 Å². The molecular weight excluding hydrogens is 178 g/mol. The van der Waals surface area contributed by atoms with Crippen LogP contribution in [0.1, 0.15) is 6.92 Å². The molecule has 3 aliphatic heterocycles. The van der Waals surface area contributed by atoms with Crippen LogP contribution in [0.15, 0.2) is 23.5 Å². The Hall–Kier alpha value is -1.00. The number of hydrogen-bond acceptors (Lipinski definition) is 4. The fraction of sp³-hybridized carbons (Fsp3) is 0.600. The average molecular weight is 193 g/mol. The van der Waals surface area contributed by atoms with Crippen LogP contribution < -0.4 is 10.6 Å². The lowest BCUT2D eigenvalue weighted by Crippen LogP contribution is -2.45. The second kappa shape index (κ2) is 3.00. The van der Waals surface area contributed by atoms with Gasteiger partial charge in [0.15, 0.2) is 12.5 Å². The van der Waals surface area contributed by atoms with Gasteiger partial charge in [0.05, 0.1) is 6.54 Å². The molecule has 0 amide bonds. The van der Waals surface area contributed by atoms with Crippen LogP contribution in [0, 0.1) is 0 Å². The summed E-state index contributed by atoms with van der Waals surface area (Å²) < 4.78 is 5.52. The van der Waals surface area contributed by atoms with E-state index in [0.717, 1.165) is 19.6 Å². The van der Waals surface area contributed by atoms with E-state index in [2.05, 4.69) is 28.5 Å². The van der Waals surface area contributed by atoms with Gasteiger partial charge >= 0.3 is 0 Å². The second-order valence-corrected chi connectivity index (χ2v) is 3.94. The minimum Gasteiger partial charge on any atom is -0.385 e. The van der Waals surface area contributed by atoms with Crippen molar-refractivity contribution in [1.82, 2.24) is 15.5 Å². The van der Waals surface area contributed by atoms with Crippen LogP contribution in [-0.4, -0.2) is 37.0 Å². The number of fused-ring (bicyclic) bond motifs is 1. The van der Waals surface area contributed by atoms with Crippen molar-refractivity contribution >= 4 is 0 Å². The van der Waals surface area contributed by atoms with Gasteiger partial charge in [-0.2, -0.15) is 0 Å². The molecule has 76 valence electrons. The van der Waals surface area contributed by atoms with Crippen molar-refractivity contribution in [1.29, 1.82) is 0 Å². The highest BCUT2D eigenvalue weighted by atomic mass is 16.6. The SMILES string of the molecule is CC1=C(N2CCNC3OC32)CNC=C1. The molecule has 3 aliphatic rings. The molecule has 2 fully saturated rings. The third kappa shape index (κ3) is 1.22. The van der Waals surface area contributed by atoms with E-state index in [1.165, 1.54) is 11.3 Å². The maximum Gasteiger partial charge on any atom is 0.172 e. The highest BCUT2D eigenvalue weighted by Crippen LogP contribution is 2.31. The zero-order valence-electron chi connectivity index (χ0n) is 8.29. The highest BCUT2D eigenvalue weighted by molar-refractivity contribution is 5.28. The van der Waals surface area contributed by atoms with E-state index < -0.39 is 0 Å². The molecule has 4 nitrogen and oxygen atoms in total. The van der Waals surface area contributed by atoms with Gasteiger partial charge in [-0.05, 0) is 24.8 Å². The Morgan fingerprint density at radius 1 is 1.57 bits per heavy atom. The molecule has 0 bridgehead atoms. The summed E-state index contributed by atoms with van der Waals surface area (Å²) in [5, 5.41) is 6.56. The lowest BCUT2D eigenvalue weighted by molar-refractivity contribution is 0.221. The first-order valence-electron chi connectivity index (χ1n) is 5.11. The number of hydrogen-bond donors (Lipinski definition) is 2. The summed E-state index contributed by atoms with van der Waals surface area (Å²) in [5.41, 5.74) is 2.72. The van der Waals surface area contributed by atoms with Crippen molar-refractivity contribution in [3.8, 4) is 0 Å². The Morgan fingerprint density at radius 3 is 3.36 bits per heavy atom. The van der Waals surface area contributed by atoms with Gasteiger partial charge in [0.2, 0.25) is 0 Å². The molecule has 2 N–H and O–H groups in total. The van der Waals surface area contributed by atoms with E-state index in [1.807, 2.05) is 6.20 Å². The minimum absolute atomic E-state index is 0.273. The molecule has 0 spiro atoms. The summed E-state index contributed by atoms with van der Waals surface area (Å²) >= 11 is 0. The summed E-state index contributed by atoms with van der Waals surface area (Å²) in [7, 11) is 0. The van der Waals surface area contributed by atoms with Crippen LogP contribution in [0.4, 0.5) is 0 Å². The Labute approximate surface area is 83.6 Å². The second-order valence-electron chi connectivity index (χ2n) is 3.94. The van der Waals surface area contributed by atoms with Gasteiger partial charge in [-0.25, -0.2) is 0 Å². The zero-order chi connectivity index (χ0) is 9.54. The standard InChI is InChI=1S/C10H15N3O/c1-7-2-3-11-6-8(7)13-5-4-12-9-10(13)14-9/h2-3,9-12H,4-6H2,1H3. The van der Waals surface area contributed by atoms with E-state index in [9.17, 15) is 0 Å². The third-order valence-electron chi connectivity index (χ3n) is 3.00. The summed E-state index contributed by atoms with van der Waals surface area (Å²) in [5.74, 6) is 0. The summed E-state index contributed by atoms with van der Waals surface area (Å²) in [4.78, 5) is 2.37. The normalized spacial score (nSPS) is 35.4. The number of dihydropyridines is 1. The molecule has 14 heavy (non-hydrogen) atoms. The molecule has 0 aromatic rings. The summed E-state index contributed by atoms with van der Waals surface area (Å²) in [6.07, 6.45) is 4.68. The summed E-state index contributed by atoms with van der Waals surface area (Å²) in [6.45, 7) is 5.14. The predicted octanol–water partition coefficient (Wildman–Crippen LogP) is -0.0351. The minimum atomic E-state index is 0.273. The molecule has 3 heterocycles. The molecule has 0 aliphatic carbocycles. The van der Waals surface area contributed by atoms with Gasteiger partial charge in [-0.1, -0.05) is 0 Å². The Morgan fingerprint density at radius 2 is 2.50 bits per heavy atom. The van der Waals surface area contributed by atoms with Gasteiger partial charge in [0.1, 0.15) is 0 Å². The first kappa shape index (κ1) is 8.32. The quantitative estimate of drug-likeness (QED) is 0.573. The van der Waals surface area contributed by atoms with Crippen molar-refractivity contribution < 1.29 is 4.74 Å². The lowest BCUT2D eigenvalue weighted by atomic mass is 10.1. The summed E-state index contributed by atoms with van der Waals surface area (Å²) in [6, 6.07) is 0. The fourth-order valence-corrected chi connectivity index (χ4v) is 2.14. The molecule has 0 saturated carbocycles. The number of rotatable bonds is 1. The molecule has 2 saturated heterocycles. The van der Waals surface area contributed by atoms with Crippen molar-refractivity contribution in [3.63, 3.8) is 0 Å². The van der Waals surface area contributed by atoms with Crippen LogP contribution in [-0.2, 0) is 4.74 Å². The molecule has 3 rings (SSSR count). The number of nitrogens with zero attached hydrogens (tertiary/aromatic N) is 1. The van der Waals surface area contributed by atoms with Crippen molar-refractivity contribution in [3.05, 3.63) is 23.5 Å². The van der Waals surface area contributed by atoms with Crippen LogP contribution in [0.25, 0.3) is 0 Å². The van der Waals surface area contributed by atoms with Gasteiger partial charge in [0, 0.05) is 18.8 Å². The predicted molar refractivity (Wildman–Crippen MR) is 53.2 cm³/mol. The molecular formula is C10H15N3O. The number of allylic oxidation sites excluding steroid dienone is 2. The Balaban J connectivity index is 1.83. The first-order chi connectivity index (χ1) is 6.86. The fourth-order valence-electron chi connectivity index (χ4n) is 2.14. The maximum atomic E-state index is 5.52. The molecule has 2 atom stereocenters. The average Bonchev–Trinajstić information content (AvgIpc) is 2.97.